The van der Waals surface area contributed by atoms with Crippen LogP contribution in [0.25, 0.3) is 0 Å². The summed E-state index contributed by atoms with van der Waals surface area (Å²) in [6.45, 7) is 7.33. The number of amides is 1. The molecule has 0 atom stereocenters. The van der Waals surface area contributed by atoms with Crippen molar-refractivity contribution in [3.05, 3.63) is 70.8 Å². The minimum absolute atomic E-state index is 0.00808. The lowest BCUT2D eigenvalue weighted by atomic mass is 10.1. The Bertz CT molecular complexity index is 901. The van der Waals surface area contributed by atoms with E-state index in [9.17, 15) is 13.2 Å². The molecule has 0 aliphatic heterocycles. The molecule has 2 N–H and O–H groups in total. The van der Waals surface area contributed by atoms with E-state index in [4.69, 9.17) is 11.6 Å². The molecule has 0 bridgehead atoms. The SMILES string of the molecule is C=CCNS(=O)(=O)c1cccc(C(=O)Nc2c(C)cc(C)cc2Cl)c1. The molecule has 0 saturated carbocycles. The minimum Gasteiger partial charge on any atom is -0.320 e. The van der Waals surface area contributed by atoms with E-state index in [1.54, 1.807) is 12.1 Å². The molecule has 5 nitrogen and oxygen atoms in total. The lowest BCUT2D eigenvalue weighted by molar-refractivity contribution is 0.102. The molecule has 0 radical (unpaired) electrons. The van der Waals surface area contributed by atoms with Crippen molar-refractivity contribution in [1.29, 1.82) is 0 Å². The monoisotopic (exact) mass is 378 g/mol. The van der Waals surface area contributed by atoms with Gasteiger partial charge in [-0.05, 0) is 49.2 Å². The van der Waals surface area contributed by atoms with Crippen molar-refractivity contribution in [2.45, 2.75) is 18.7 Å². The zero-order valence-corrected chi connectivity index (χ0v) is 15.5. The number of hydrogen-bond donors (Lipinski definition) is 2. The van der Waals surface area contributed by atoms with Crippen molar-refractivity contribution in [2.24, 2.45) is 0 Å². The predicted octanol–water partition coefficient (Wildman–Crippen LogP) is 3.67. The molecule has 132 valence electrons. The zero-order valence-electron chi connectivity index (χ0n) is 14.0. The normalized spacial score (nSPS) is 11.2. The molecular formula is C18H19ClN2O3S. The number of benzene rings is 2. The van der Waals surface area contributed by atoms with Gasteiger partial charge in [0, 0.05) is 12.1 Å². The van der Waals surface area contributed by atoms with Gasteiger partial charge in [0.15, 0.2) is 0 Å². The topological polar surface area (TPSA) is 75.3 Å². The fourth-order valence-corrected chi connectivity index (χ4v) is 3.73. The van der Waals surface area contributed by atoms with Gasteiger partial charge in [-0.2, -0.15) is 0 Å². The second-order valence-corrected chi connectivity index (χ2v) is 7.74. The summed E-state index contributed by atoms with van der Waals surface area (Å²) in [5.74, 6) is -0.436. The van der Waals surface area contributed by atoms with E-state index in [1.165, 1.54) is 24.3 Å². The highest BCUT2D eigenvalue weighted by atomic mass is 35.5. The van der Waals surface area contributed by atoms with Crippen molar-refractivity contribution in [2.75, 3.05) is 11.9 Å². The lowest BCUT2D eigenvalue weighted by Gasteiger charge is -2.12. The Morgan fingerprint density at radius 3 is 2.60 bits per heavy atom. The highest BCUT2D eigenvalue weighted by Gasteiger charge is 2.16. The van der Waals surface area contributed by atoms with Crippen LogP contribution in [0.2, 0.25) is 5.02 Å². The van der Waals surface area contributed by atoms with E-state index in [0.717, 1.165) is 11.1 Å². The molecule has 0 saturated heterocycles. The standard InChI is InChI=1S/C18H19ClN2O3S/c1-4-8-20-25(23,24)15-7-5-6-14(11-15)18(22)21-17-13(3)9-12(2)10-16(17)19/h4-7,9-11,20H,1,8H2,2-3H3,(H,21,22). The average molecular weight is 379 g/mol. The van der Waals surface area contributed by atoms with E-state index in [2.05, 4.69) is 16.6 Å². The number of anilines is 1. The summed E-state index contributed by atoms with van der Waals surface area (Å²) in [5, 5.41) is 3.17. The average Bonchev–Trinajstić information content (AvgIpc) is 2.56. The van der Waals surface area contributed by atoms with Crippen molar-refractivity contribution >= 4 is 33.2 Å². The lowest BCUT2D eigenvalue weighted by Crippen LogP contribution is -2.24. The first kappa shape index (κ1) is 19.2. The van der Waals surface area contributed by atoms with Crippen LogP contribution in [0.15, 0.2) is 53.9 Å². The van der Waals surface area contributed by atoms with Gasteiger partial charge in [0.2, 0.25) is 10.0 Å². The second kappa shape index (κ2) is 7.82. The Hall–Kier alpha value is -2.15. The highest BCUT2D eigenvalue weighted by molar-refractivity contribution is 7.89. The van der Waals surface area contributed by atoms with Crippen molar-refractivity contribution in [1.82, 2.24) is 4.72 Å². The van der Waals surface area contributed by atoms with E-state index >= 15 is 0 Å². The smallest absolute Gasteiger partial charge is 0.255 e. The molecule has 0 fully saturated rings. The third kappa shape index (κ3) is 4.69. The number of aryl methyl sites for hydroxylation is 2. The maximum absolute atomic E-state index is 12.5. The predicted molar refractivity (Wildman–Crippen MR) is 101 cm³/mol. The molecule has 0 aromatic heterocycles. The molecule has 2 rings (SSSR count). The van der Waals surface area contributed by atoms with Gasteiger partial charge < -0.3 is 5.32 Å². The molecule has 25 heavy (non-hydrogen) atoms. The van der Waals surface area contributed by atoms with Crippen molar-refractivity contribution < 1.29 is 13.2 Å². The Balaban J connectivity index is 2.30. The Morgan fingerprint density at radius 2 is 1.96 bits per heavy atom. The summed E-state index contributed by atoms with van der Waals surface area (Å²) in [6, 6.07) is 9.45. The van der Waals surface area contributed by atoms with Crippen LogP contribution in [0, 0.1) is 13.8 Å². The number of rotatable bonds is 6. The molecule has 1 amide bonds. The first-order valence-electron chi connectivity index (χ1n) is 7.53. The fraction of sp³-hybridized carbons (Fsp3) is 0.167. The number of hydrogen-bond acceptors (Lipinski definition) is 3. The molecule has 2 aromatic carbocycles. The second-order valence-electron chi connectivity index (χ2n) is 5.56. The zero-order chi connectivity index (χ0) is 18.6. The van der Waals surface area contributed by atoms with Gasteiger partial charge in [0.05, 0.1) is 15.6 Å². The highest BCUT2D eigenvalue weighted by Crippen LogP contribution is 2.28. The molecule has 0 heterocycles. The number of sulfonamides is 1. The molecular weight excluding hydrogens is 360 g/mol. The summed E-state index contributed by atoms with van der Waals surface area (Å²) < 4.78 is 26.7. The van der Waals surface area contributed by atoms with E-state index in [0.29, 0.717) is 10.7 Å². The van der Waals surface area contributed by atoms with Crippen LogP contribution in [0.3, 0.4) is 0 Å². The van der Waals surface area contributed by atoms with Crippen LogP contribution >= 0.6 is 11.6 Å². The van der Waals surface area contributed by atoms with Crippen molar-refractivity contribution in [3.8, 4) is 0 Å². The minimum atomic E-state index is -3.70. The first-order valence-corrected chi connectivity index (χ1v) is 9.39. The van der Waals surface area contributed by atoms with E-state index in [1.807, 2.05) is 19.9 Å². The van der Waals surface area contributed by atoms with Crippen LogP contribution < -0.4 is 10.0 Å². The summed E-state index contributed by atoms with van der Waals surface area (Å²) >= 11 is 6.20. The van der Waals surface area contributed by atoms with Gasteiger partial charge in [0.1, 0.15) is 0 Å². The number of halogens is 1. The van der Waals surface area contributed by atoms with Gasteiger partial charge in [-0.3, -0.25) is 4.79 Å². The summed E-state index contributed by atoms with van der Waals surface area (Å²) in [5.41, 5.74) is 2.55. The number of carbonyl (C=O) groups is 1. The summed E-state index contributed by atoms with van der Waals surface area (Å²) in [4.78, 5) is 12.5. The molecule has 2 aromatic rings. The third-order valence-electron chi connectivity index (χ3n) is 3.49. The number of carbonyl (C=O) groups excluding carboxylic acids is 1. The molecule has 0 spiro atoms. The Kier molecular flexibility index (Phi) is 6.00. The van der Waals surface area contributed by atoms with Crippen LogP contribution in [0.1, 0.15) is 21.5 Å². The van der Waals surface area contributed by atoms with E-state index in [-0.39, 0.29) is 17.0 Å². The molecule has 0 aliphatic carbocycles. The van der Waals surface area contributed by atoms with Gasteiger partial charge >= 0.3 is 0 Å². The molecule has 7 heteroatoms. The molecule has 0 aliphatic rings. The largest absolute Gasteiger partial charge is 0.320 e. The van der Waals surface area contributed by atoms with Gasteiger partial charge in [-0.1, -0.05) is 29.8 Å². The fourth-order valence-electron chi connectivity index (χ4n) is 2.32. The summed E-state index contributed by atoms with van der Waals surface area (Å²) in [7, 11) is -3.70. The van der Waals surface area contributed by atoms with Crippen LogP contribution in [0.5, 0.6) is 0 Å². The first-order chi connectivity index (χ1) is 11.7. The maximum Gasteiger partial charge on any atom is 0.255 e. The van der Waals surface area contributed by atoms with Crippen molar-refractivity contribution in [3.63, 3.8) is 0 Å². The van der Waals surface area contributed by atoms with Gasteiger partial charge in [0.25, 0.3) is 5.91 Å². The number of nitrogens with one attached hydrogen (secondary N) is 2. The quantitative estimate of drug-likeness (QED) is 0.753. The van der Waals surface area contributed by atoms with Crippen LogP contribution in [0.4, 0.5) is 5.69 Å². The van der Waals surface area contributed by atoms with Gasteiger partial charge in [-0.25, -0.2) is 13.1 Å². The Labute approximate surface area is 152 Å². The summed E-state index contributed by atoms with van der Waals surface area (Å²) in [6.07, 6.45) is 1.44. The third-order valence-corrected chi connectivity index (χ3v) is 5.21. The van der Waals surface area contributed by atoms with Crippen LogP contribution in [-0.2, 0) is 10.0 Å². The van der Waals surface area contributed by atoms with Crippen LogP contribution in [-0.4, -0.2) is 20.9 Å². The maximum atomic E-state index is 12.5. The molecule has 0 unspecified atom stereocenters. The Morgan fingerprint density at radius 1 is 1.24 bits per heavy atom. The van der Waals surface area contributed by atoms with E-state index < -0.39 is 15.9 Å². The van der Waals surface area contributed by atoms with Gasteiger partial charge in [-0.15, -0.1) is 6.58 Å².